The van der Waals surface area contributed by atoms with E-state index in [0.717, 1.165) is 18.9 Å². The molecule has 0 aliphatic carbocycles. The van der Waals surface area contributed by atoms with Crippen LogP contribution in [0.15, 0.2) is 34.9 Å². The van der Waals surface area contributed by atoms with Crippen molar-refractivity contribution in [1.29, 1.82) is 0 Å². The van der Waals surface area contributed by atoms with Crippen molar-refractivity contribution in [2.45, 2.75) is 5.38 Å². The molecule has 0 fully saturated rings. The normalized spacial score (nSPS) is 13.1. The van der Waals surface area contributed by atoms with E-state index in [2.05, 4.69) is 47.8 Å². The maximum absolute atomic E-state index is 6.30. The maximum Gasteiger partial charge on any atom is 0.169 e. The molecule has 80 valence electrons. The summed E-state index contributed by atoms with van der Waals surface area (Å²) in [6.45, 7) is 0. The lowest BCUT2D eigenvalue weighted by atomic mass is 10.2. The Labute approximate surface area is 121 Å². The molecule has 0 aromatic carbocycles. The number of hydrogen-bond donors (Lipinski definition) is 0. The number of alkyl halides is 1. The molecule has 0 radical (unpaired) electrons. The standard InChI is InChI=1S/C9H4Br3ClOS/c10-6-2-1-5(14-6)8(13)4-3-7(11)15-9(4)12/h1-3,8H. The van der Waals surface area contributed by atoms with Crippen molar-refractivity contribution in [3.63, 3.8) is 0 Å². The van der Waals surface area contributed by atoms with E-state index in [9.17, 15) is 0 Å². The fraction of sp³-hybridized carbons (Fsp3) is 0.111. The van der Waals surface area contributed by atoms with E-state index in [4.69, 9.17) is 16.0 Å². The van der Waals surface area contributed by atoms with Gasteiger partial charge in [0.25, 0.3) is 0 Å². The minimum atomic E-state index is -0.270. The molecule has 2 aromatic heterocycles. The molecule has 6 heteroatoms. The summed E-state index contributed by atoms with van der Waals surface area (Å²) in [6.07, 6.45) is 0. The summed E-state index contributed by atoms with van der Waals surface area (Å²) < 4.78 is 8.16. The van der Waals surface area contributed by atoms with Crippen LogP contribution >= 0.6 is 70.7 Å². The van der Waals surface area contributed by atoms with Crippen molar-refractivity contribution < 1.29 is 4.42 Å². The number of halogens is 4. The molecule has 0 aliphatic heterocycles. The Balaban J connectivity index is 2.35. The molecular formula is C9H4Br3ClOS. The van der Waals surface area contributed by atoms with Gasteiger partial charge in [0.1, 0.15) is 11.1 Å². The van der Waals surface area contributed by atoms with E-state index in [1.165, 1.54) is 0 Å². The third-order valence-corrected chi connectivity index (χ3v) is 5.06. The van der Waals surface area contributed by atoms with Gasteiger partial charge in [-0.15, -0.1) is 22.9 Å². The predicted octanol–water partition coefficient (Wildman–Crippen LogP) is 5.96. The number of thiophene rings is 1. The van der Waals surface area contributed by atoms with Gasteiger partial charge in [-0.3, -0.25) is 0 Å². The van der Waals surface area contributed by atoms with Crippen molar-refractivity contribution in [3.8, 4) is 0 Å². The Kier molecular flexibility index (Phi) is 3.99. The summed E-state index contributed by atoms with van der Waals surface area (Å²) in [5.74, 6) is 0.731. The summed E-state index contributed by atoms with van der Waals surface area (Å²) in [5.41, 5.74) is 1.01. The van der Waals surface area contributed by atoms with Crippen LogP contribution in [-0.2, 0) is 0 Å². The van der Waals surface area contributed by atoms with Gasteiger partial charge in [0, 0.05) is 5.56 Å². The predicted molar refractivity (Wildman–Crippen MR) is 73.8 cm³/mol. The Morgan fingerprint density at radius 3 is 2.47 bits per heavy atom. The summed E-state index contributed by atoms with van der Waals surface area (Å²) in [6, 6.07) is 5.68. The van der Waals surface area contributed by atoms with E-state index in [1.54, 1.807) is 11.3 Å². The Hall–Kier alpha value is 0.710. The average Bonchev–Trinajstić information content (AvgIpc) is 2.71. The monoisotopic (exact) mass is 432 g/mol. The highest BCUT2D eigenvalue weighted by Gasteiger charge is 2.19. The first-order valence-corrected chi connectivity index (χ1v) is 7.55. The third kappa shape index (κ3) is 2.69. The SMILES string of the molecule is ClC(c1ccc(Br)o1)c1cc(Br)sc1Br. The maximum atomic E-state index is 6.30. The molecule has 15 heavy (non-hydrogen) atoms. The van der Waals surface area contributed by atoms with Crippen LogP contribution in [0.5, 0.6) is 0 Å². The minimum absolute atomic E-state index is 0.270. The van der Waals surface area contributed by atoms with E-state index < -0.39 is 0 Å². The second kappa shape index (κ2) is 4.92. The minimum Gasteiger partial charge on any atom is -0.452 e. The van der Waals surface area contributed by atoms with Gasteiger partial charge in [0.2, 0.25) is 0 Å². The van der Waals surface area contributed by atoms with Crippen LogP contribution in [0.3, 0.4) is 0 Å². The lowest BCUT2D eigenvalue weighted by Crippen LogP contribution is -1.88. The van der Waals surface area contributed by atoms with Crippen molar-refractivity contribution in [1.82, 2.24) is 0 Å². The Morgan fingerprint density at radius 2 is 2.00 bits per heavy atom. The zero-order valence-electron chi connectivity index (χ0n) is 7.14. The van der Waals surface area contributed by atoms with Crippen LogP contribution in [0.2, 0.25) is 0 Å². The molecule has 2 rings (SSSR count). The Bertz CT molecular complexity index is 479. The van der Waals surface area contributed by atoms with Crippen LogP contribution in [-0.4, -0.2) is 0 Å². The smallest absolute Gasteiger partial charge is 0.169 e. The molecule has 1 nitrogen and oxygen atoms in total. The average molecular weight is 435 g/mol. The summed E-state index contributed by atoms with van der Waals surface area (Å²) in [5, 5.41) is -0.270. The fourth-order valence-electron chi connectivity index (χ4n) is 1.14. The van der Waals surface area contributed by atoms with Gasteiger partial charge in [0.05, 0.1) is 7.57 Å². The fourth-order valence-corrected chi connectivity index (χ4v) is 4.85. The van der Waals surface area contributed by atoms with Gasteiger partial charge in [0.15, 0.2) is 4.67 Å². The van der Waals surface area contributed by atoms with Crippen LogP contribution in [0.4, 0.5) is 0 Å². The quantitative estimate of drug-likeness (QED) is 0.531. The second-order valence-corrected chi connectivity index (χ2v) is 7.75. The molecule has 0 spiro atoms. The molecule has 0 bridgehead atoms. The van der Waals surface area contributed by atoms with Crippen LogP contribution in [0, 0.1) is 0 Å². The van der Waals surface area contributed by atoms with E-state index in [1.807, 2.05) is 18.2 Å². The first-order valence-electron chi connectivity index (χ1n) is 3.92. The number of furan rings is 1. The second-order valence-electron chi connectivity index (χ2n) is 2.78. The highest BCUT2D eigenvalue weighted by molar-refractivity contribution is 9.12. The first-order chi connectivity index (χ1) is 7.08. The highest BCUT2D eigenvalue weighted by atomic mass is 79.9. The van der Waals surface area contributed by atoms with E-state index in [0.29, 0.717) is 4.67 Å². The van der Waals surface area contributed by atoms with Crippen LogP contribution < -0.4 is 0 Å². The molecule has 2 aromatic rings. The van der Waals surface area contributed by atoms with Crippen LogP contribution in [0.1, 0.15) is 16.7 Å². The van der Waals surface area contributed by atoms with Gasteiger partial charge in [-0.25, -0.2) is 0 Å². The molecule has 0 amide bonds. The summed E-state index contributed by atoms with van der Waals surface area (Å²) in [7, 11) is 0. The molecular weight excluding hydrogens is 431 g/mol. The van der Waals surface area contributed by atoms with Crippen LogP contribution in [0.25, 0.3) is 0 Å². The lowest BCUT2D eigenvalue weighted by Gasteiger charge is -2.04. The Morgan fingerprint density at radius 1 is 1.27 bits per heavy atom. The van der Waals surface area contributed by atoms with Gasteiger partial charge < -0.3 is 4.42 Å². The number of hydrogen-bond acceptors (Lipinski definition) is 2. The largest absolute Gasteiger partial charge is 0.452 e. The van der Waals surface area contributed by atoms with Crippen molar-refractivity contribution in [2.24, 2.45) is 0 Å². The zero-order valence-corrected chi connectivity index (χ0v) is 13.5. The molecule has 0 saturated heterocycles. The first kappa shape index (κ1) is 12.2. The molecule has 0 N–H and O–H groups in total. The van der Waals surface area contributed by atoms with Crippen molar-refractivity contribution in [3.05, 3.63) is 41.8 Å². The van der Waals surface area contributed by atoms with Crippen molar-refractivity contribution in [2.75, 3.05) is 0 Å². The highest BCUT2D eigenvalue weighted by Crippen LogP contribution is 2.41. The van der Waals surface area contributed by atoms with Crippen molar-refractivity contribution >= 4 is 70.7 Å². The summed E-state index contributed by atoms with van der Waals surface area (Å²) in [4.78, 5) is 0. The molecule has 1 atom stereocenters. The third-order valence-electron chi connectivity index (χ3n) is 1.80. The zero-order chi connectivity index (χ0) is 11.0. The van der Waals surface area contributed by atoms with E-state index >= 15 is 0 Å². The molecule has 0 aliphatic rings. The molecule has 1 unspecified atom stereocenters. The molecule has 0 saturated carbocycles. The van der Waals surface area contributed by atoms with Gasteiger partial charge in [-0.1, -0.05) is 0 Å². The van der Waals surface area contributed by atoms with Gasteiger partial charge >= 0.3 is 0 Å². The van der Waals surface area contributed by atoms with E-state index in [-0.39, 0.29) is 5.38 Å². The lowest BCUT2D eigenvalue weighted by molar-refractivity contribution is 0.494. The van der Waals surface area contributed by atoms with Gasteiger partial charge in [-0.05, 0) is 66.0 Å². The molecule has 2 heterocycles. The summed E-state index contributed by atoms with van der Waals surface area (Å²) >= 11 is 18.0. The number of rotatable bonds is 2. The van der Waals surface area contributed by atoms with Gasteiger partial charge in [-0.2, -0.15) is 0 Å². The topological polar surface area (TPSA) is 13.1 Å².